The predicted molar refractivity (Wildman–Crippen MR) is 56.5 cm³/mol. The van der Waals surface area contributed by atoms with Gasteiger partial charge in [0.25, 0.3) is 0 Å². The first-order valence-corrected chi connectivity index (χ1v) is 5.10. The van der Waals surface area contributed by atoms with Gasteiger partial charge in [0, 0.05) is 11.0 Å². The van der Waals surface area contributed by atoms with Gasteiger partial charge in [-0.05, 0) is 31.8 Å². The van der Waals surface area contributed by atoms with E-state index in [2.05, 4.69) is 15.9 Å². The molecule has 0 aliphatic heterocycles. The molecule has 0 aliphatic carbocycles. The predicted octanol–water partition coefficient (Wildman–Crippen LogP) is 3.53. The third kappa shape index (κ3) is 3.50. The molecule has 0 aromatic heterocycles. The molecule has 0 unspecified atom stereocenters. The number of alkyl halides is 3. The lowest BCUT2D eigenvalue weighted by atomic mass is 10.1. The highest BCUT2D eigenvalue weighted by atomic mass is 79.9. The van der Waals surface area contributed by atoms with Crippen molar-refractivity contribution >= 4 is 15.9 Å². The second-order valence-corrected chi connectivity index (χ2v) is 4.45. The number of halogens is 4. The highest BCUT2D eigenvalue weighted by Crippen LogP contribution is 2.34. The Bertz CT molecular complexity index is 347. The van der Waals surface area contributed by atoms with Gasteiger partial charge in [0.15, 0.2) is 0 Å². The fraction of sp³-hybridized carbons (Fsp3) is 0.400. The zero-order chi connectivity index (χ0) is 11.6. The molecule has 0 saturated heterocycles. The molecule has 0 amide bonds. The second-order valence-electron chi connectivity index (χ2n) is 3.54. The van der Waals surface area contributed by atoms with E-state index in [1.807, 2.05) is 0 Å². The lowest BCUT2D eigenvalue weighted by Gasteiger charge is -2.16. The van der Waals surface area contributed by atoms with Crippen molar-refractivity contribution in [3.8, 4) is 0 Å². The van der Waals surface area contributed by atoms with Gasteiger partial charge in [-0.25, -0.2) is 0 Å². The Hall–Kier alpha value is -0.550. The maximum Gasteiger partial charge on any atom is 0.416 e. The summed E-state index contributed by atoms with van der Waals surface area (Å²) in [6.07, 6.45) is -4.30. The molecule has 0 radical (unpaired) electrons. The maximum atomic E-state index is 12.6. The smallest absolute Gasteiger partial charge is 0.305 e. The van der Waals surface area contributed by atoms with Crippen molar-refractivity contribution in [3.05, 3.63) is 33.8 Å². The maximum absolute atomic E-state index is 12.6. The summed E-state index contributed by atoms with van der Waals surface area (Å²) in [4.78, 5) is 1.71. The summed E-state index contributed by atoms with van der Waals surface area (Å²) >= 11 is 3.04. The van der Waals surface area contributed by atoms with Gasteiger partial charge in [-0.3, -0.25) is 0 Å². The van der Waals surface area contributed by atoms with E-state index in [-0.39, 0.29) is 12.1 Å². The van der Waals surface area contributed by atoms with Crippen LogP contribution in [0.1, 0.15) is 11.1 Å². The van der Waals surface area contributed by atoms with Crippen LogP contribution in [0, 0.1) is 0 Å². The highest BCUT2D eigenvalue weighted by Gasteiger charge is 2.33. The molecule has 0 atom stereocenters. The summed E-state index contributed by atoms with van der Waals surface area (Å²) in [5.74, 6) is 0. The Morgan fingerprint density at radius 1 is 1.27 bits per heavy atom. The van der Waals surface area contributed by atoms with Gasteiger partial charge in [-0.15, -0.1) is 0 Å². The summed E-state index contributed by atoms with van der Waals surface area (Å²) < 4.78 is 38.4. The van der Waals surface area contributed by atoms with Crippen LogP contribution in [0.15, 0.2) is 22.7 Å². The zero-order valence-corrected chi connectivity index (χ0v) is 9.98. The quantitative estimate of drug-likeness (QED) is 0.802. The van der Waals surface area contributed by atoms with E-state index in [4.69, 9.17) is 0 Å². The summed E-state index contributed by atoms with van der Waals surface area (Å²) in [5, 5.41) is 0. The largest absolute Gasteiger partial charge is 0.416 e. The molecule has 0 bridgehead atoms. The number of hydrogen-bond acceptors (Lipinski definition) is 1. The first-order valence-electron chi connectivity index (χ1n) is 4.31. The van der Waals surface area contributed by atoms with Crippen LogP contribution in [-0.4, -0.2) is 19.0 Å². The third-order valence-corrected chi connectivity index (χ3v) is 2.36. The summed E-state index contributed by atoms with van der Waals surface area (Å²) in [6.45, 7) is 0.280. The summed E-state index contributed by atoms with van der Waals surface area (Å²) in [7, 11) is 3.48. The molecule has 0 heterocycles. The Balaban J connectivity index is 3.15. The number of rotatable bonds is 2. The second kappa shape index (κ2) is 4.53. The van der Waals surface area contributed by atoms with Crippen molar-refractivity contribution in [2.75, 3.05) is 14.1 Å². The number of nitrogens with zero attached hydrogens (tertiary/aromatic N) is 1. The van der Waals surface area contributed by atoms with Gasteiger partial charge in [-0.2, -0.15) is 13.2 Å². The summed E-state index contributed by atoms with van der Waals surface area (Å²) in [6, 6.07) is 4.22. The van der Waals surface area contributed by atoms with Gasteiger partial charge >= 0.3 is 6.18 Å². The van der Waals surface area contributed by atoms with Crippen molar-refractivity contribution in [1.82, 2.24) is 4.90 Å². The van der Waals surface area contributed by atoms with Gasteiger partial charge in [0.05, 0.1) is 5.56 Å². The molecule has 1 aromatic carbocycles. The van der Waals surface area contributed by atoms with Crippen LogP contribution in [-0.2, 0) is 12.7 Å². The molecular formula is C10H11BrF3N. The molecule has 1 nitrogen and oxygen atoms in total. The van der Waals surface area contributed by atoms with Crippen molar-refractivity contribution < 1.29 is 13.2 Å². The lowest BCUT2D eigenvalue weighted by molar-refractivity contribution is -0.138. The average molecular weight is 282 g/mol. The van der Waals surface area contributed by atoms with Gasteiger partial charge in [0.2, 0.25) is 0 Å². The Kier molecular flexibility index (Phi) is 3.78. The van der Waals surface area contributed by atoms with Crippen LogP contribution in [0.2, 0.25) is 0 Å². The van der Waals surface area contributed by atoms with Crippen molar-refractivity contribution in [2.45, 2.75) is 12.7 Å². The van der Waals surface area contributed by atoms with E-state index >= 15 is 0 Å². The van der Waals surface area contributed by atoms with Crippen LogP contribution in [0.5, 0.6) is 0 Å². The molecule has 84 valence electrons. The fourth-order valence-corrected chi connectivity index (χ4v) is 1.65. The molecule has 0 fully saturated rings. The van der Waals surface area contributed by atoms with E-state index in [1.165, 1.54) is 6.07 Å². The van der Waals surface area contributed by atoms with E-state index in [9.17, 15) is 13.2 Å². The van der Waals surface area contributed by atoms with E-state index in [0.717, 1.165) is 6.07 Å². The molecule has 1 rings (SSSR count). The minimum Gasteiger partial charge on any atom is -0.305 e. The monoisotopic (exact) mass is 281 g/mol. The number of hydrogen-bond donors (Lipinski definition) is 0. The number of benzene rings is 1. The topological polar surface area (TPSA) is 3.24 Å². The minimum absolute atomic E-state index is 0.280. The molecule has 0 N–H and O–H groups in total. The zero-order valence-electron chi connectivity index (χ0n) is 8.40. The standard InChI is InChI=1S/C10H11BrF3N/c1-15(2)6-7-3-4-8(11)5-9(7)10(12,13)14/h3-5H,6H2,1-2H3. The van der Waals surface area contributed by atoms with Crippen molar-refractivity contribution in [2.24, 2.45) is 0 Å². The van der Waals surface area contributed by atoms with Crippen molar-refractivity contribution in [3.63, 3.8) is 0 Å². The van der Waals surface area contributed by atoms with Crippen LogP contribution in [0.3, 0.4) is 0 Å². The van der Waals surface area contributed by atoms with E-state index in [1.54, 1.807) is 25.1 Å². The van der Waals surface area contributed by atoms with Gasteiger partial charge < -0.3 is 4.90 Å². The van der Waals surface area contributed by atoms with E-state index < -0.39 is 11.7 Å². The molecule has 0 aliphatic rings. The molecule has 1 aromatic rings. The molecule has 0 saturated carbocycles. The Morgan fingerprint density at radius 2 is 1.87 bits per heavy atom. The molecule has 5 heteroatoms. The lowest BCUT2D eigenvalue weighted by Crippen LogP contribution is -2.16. The van der Waals surface area contributed by atoms with Crippen LogP contribution < -0.4 is 0 Å². The van der Waals surface area contributed by atoms with E-state index in [0.29, 0.717) is 4.47 Å². The van der Waals surface area contributed by atoms with Gasteiger partial charge in [-0.1, -0.05) is 22.0 Å². The third-order valence-electron chi connectivity index (χ3n) is 1.86. The minimum atomic E-state index is -4.30. The van der Waals surface area contributed by atoms with Crippen LogP contribution >= 0.6 is 15.9 Å². The molecule has 15 heavy (non-hydrogen) atoms. The van der Waals surface area contributed by atoms with Crippen molar-refractivity contribution in [1.29, 1.82) is 0 Å². The SMILES string of the molecule is CN(C)Cc1ccc(Br)cc1C(F)(F)F. The van der Waals surface area contributed by atoms with Crippen LogP contribution in [0.4, 0.5) is 13.2 Å². The Morgan fingerprint density at radius 3 is 2.33 bits per heavy atom. The fourth-order valence-electron chi connectivity index (χ4n) is 1.29. The summed E-state index contributed by atoms with van der Waals surface area (Å²) in [5.41, 5.74) is -0.290. The normalized spacial score (nSPS) is 12.2. The first-order chi connectivity index (χ1) is 6.80. The Labute approximate surface area is 95.0 Å². The first kappa shape index (κ1) is 12.5. The highest BCUT2D eigenvalue weighted by molar-refractivity contribution is 9.10. The average Bonchev–Trinajstić information content (AvgIpc) is 2.05. The molecule has 0 spiro atoms. The molecular weight excluding hydrogens is 271 g/mol. The van der Waals surface area contributed by atoms with Crippen LogP contribution in [0.25, 0.3) is 0 Å². The van der Waals surface area contributed by atoms with Gasteiger partial charge in [0.1, 0.15) is 0 Å².